The fourth-order valence-electron chi connectivity index (χ4n) is 8.47. The fraction of sp³-hybridized carbons (Fsp3) is 0.0588. The third kappa shape index (κ3) is 5.21. The first kappa shape index (κ1) is 31.5. The minimum absolute atomic E-state index is 0.0757. The Hall–Kier alpha value is -6.22. The van der Waals surface area contributed by atoms with Crippen LogP contribution in [-0.2, 0) is 5.41 Å². The van der Waals surface area contributed by atoms with E-state index in [-0.39, 0.29) is 5.41 Å². The highest BCUT2D eigenvalue weighted by molar-refractivity contribution is 7.25. The molecule has 0 spiro atoms. The third-order valence-corrected chi connectivity index (χ3v) is 12.2. The number of benzene rings is 8. The minimum Gasteiger partial charge on any atom is -0.310 e. The molecule has 1 nitrogen and oxygen atoms in total. The van der Waals surface area contributed by atoms with E-state index in [1.807, 2.05) is 11.3 Å². The van der Waals surface area contributed by atoms with Crippen molar-refractivity contribution in [3.63, 3.8) is 0 Å². The molecule has 0 radical (unpaired) electrons. The molecule has 9 aromatic rings. The van der Waals surface area contributed by atoms with E-state index in [9.17, 15) is 0 Å². The highest BCUT2D eigenvalue weighted by Crippen LogP contribution is 2.54. The average molecular weight is 696 g/mol. The van der Waals surface area contributed by atoms with Crippen LogP contribution >= 0.6 is 11.3 Å². The van der Waals surface area contributed by atoms with Crippen molar-refractivity contribution in [1.82, 2.24) is 0 Å². The Labute approximate surface area is 315 Å². The number of hydrogen-bond acceptors (Lipinski definition) is 2. The molecule has 1 aliphatic rings. The summed E-state index contributed by atoms with van der Waals surface area (Å²) in [4.78, 5) is 2.44. The summed E-state index contributed by atoms with van der Waals surface area (Å²) in [6, 6.07) is 69.1. The van der Waals surface area contributed by atoms with Crippen molar-refractivity contribution < 1.29 is 0 Å². The van der Waals surface area contributed by atoms with Crippen molar-refractivity contribution in [1.29, 1.82) is 0 Å². The van der Waals surface area contributed by atoms with Gasteiger partial charge in [0.05, 0.1) is 5.69 Å². The van der Waals surface area contributed by atoms with E-state index in [2.05, 4.69) is 207 Å². The molecule has 0 atom stereocenters. The molecule has 0 aliphatic heterocycles. The summed E-state index contributed by atoms with van der Waals surface area (Å²) in [6.07, 6.45) is 0. The molecule has 1 aromatic heterocycles. The van der Waals surface area contributed by atoms with Gasteiger partial charge in [-0.2, -0.15) is 0 Å². The second-order valence-electron chi connectivity index (χ2n) is 14.5. The normalized spacial score (nSPS) is 12.9. The summed E-state index contributed by atoms with van der Waals surface area (Å²) < 4.78 is 2.64. The van der Waals surface area contributed by atoms with E-state index in [4.69, 9.17) is 0 Å². The fourth-order valence-corrected chi connectivity index (χ4v) is 9.61. The number of rotatable bonds is 6. The Morgan fingerprint density at radius 1 is 0.396 bits per heavy atom. The molecule has 0 amide bonds. The third-order valence-electron chi connectivity index (χ3n) is 11.1. The summed E-state index contributed by atoms with van der Waals surface area (Å²) in [5.41, 5.74) is 16.0. The van der Waals surface area contributed by atoms with Crippen LogP contribution in [0, 0.1) is 0 Å². The lowest BCUT2D eigenvalue weighted by molar-refractivity contribution is 0.660. The van der Waals surface area contributed by atoms with Gasteiger partial charge in [-0.15, -0.1) is 11.3 Å². The smallest absolute Gasteiger partial charge is 0.0540 e. The van der Waals surface area contributed by atoms with Crippen LogP contribution in [0.2, 0.25) is 0 Å². The molecule has 53 heavy (non-hydrogen) atoms. The Morgan fingerprint density at radius 2 is 1.00 bits per heavy atom. The molecule has 8 aromatic carbocycles. The predicted octanol–water partition coefficient (Wildman–Crippen LogP) is 14.8. The van der Waals surface area contributed by atoms with Gasteiger partial charge < -0.3 is 4.90 Å². The van der Waals surface area contributed by atoms with E-state index in [0.29, 0.717) is 0 Å². The van der Waals surface area contributed by atoms with Gasteiger partial charge in [0, 0.05) is 42.5 Å². The van der Waals surface area contributed by atoms with Crippen molar-refractivity contribution in [2.75, 3.05) is 4.90 Å². The number of hydrogen-bond donors (Lipinski definition) is 0. The minimum atomic E-state index is -0.0757. The Kier molecular flexibility index (Phi) is 7.42. The second kappa shape index (κ2) is 12.5. The van der Waals surface area contributed by atoms with Crippen LogP contribution in [0.25, 0.3) is 64.7 Å². The standard InChI is InChI=1S/C51H37NS/c1-51(2)45-22-9-6-20-44(45)50-43(21-13-23-46(50)51)40-18-7-10-24-47(40)52(38-29-26-35(27-30-38)34-14-4-3-5-15-34)39-17-12-16-36(32-39)37-28-31-42-41-19-8-11-25-48(41)53-49(42)33-37/h3-33H,1-2H3. The van der Waals surface area contributed by atoms with E-state index in [0.717, 1.165) is 17.1 Å². The van der Waals surface area contributed by atoms with Gasteiger partial charge in [-0.05, 0) is 92.5 Å². The summed E-state index contributed by atoms with van der Waals surface area (Å²) >= 11 is 1.87. The lowest BCUT2D eigenvalue weighted by Gasteiger charge is -2.29. The first-order valence-corrected chi connectivity index (χ1v) is 19.2. The van der Waals surface area contributed by atoms with E-state index in [1.54, 1.807) is 0 Å². The molecule has 1 aliphatic carbocycles. The maximum absolute atomic E-state index is 2.44. The van der Waals surface area contributed by atoms with Crippen LogP contribution < -0.4 is 4.90 Å². The number of nitrogens with zero attached hydrogens (tertiary/aromatic N) is 1. The summed E-state index contributed by atoms with van der Waals surface area (Å²) in [7, 11) is 0. The summed E-state index contributed by atoms with van der Waals surface area (Å²) in [5.74, 6) is 0. The Bertz CT molecular complexity index is 2810. The SMILES string of the molecule is CC1(C)c2ccccc2-c2c(-c3ccccc3N(c3ccc(-c4ccccc4)cc3)c3cccc(-c4ccc5c(c4)sc4ccccc45)c3)cccc21. The van der Waals surface area contributed by atoms with Gasteiger partial charge in [-0.25, -0.2) is 0 Å². The summed E-state index contributed by atoms with van der Waals surface area (Å²) in [5, 5.41) is 2.65. The molecule has 10 rings (SSSR count). The average Bonchev–Trinajstić information content (AvgIpc) is 3.70. The topological polar surface area (TPSA) is 3.24 Å². The zero-order chi connectivity index (χ0) is 35.5. The van der Waals surface area contributed by atoms with Gasteiger partial charge in [0.15, 0.2) is 0 Å². The zero-order valence-corrected chi connectivity index (χ0v) is 30.6. The van der Waals surface area contributed by atoms with E-state index >= 15 is 0 Å². The molecule has 0 fully saturated rings. The van der Waals surface area contributed by atoms with Crippen molar-refractivity contribution in [3.8, 4) is 44.5 Å². The number of anilines is 3. The number of para-hydroxylation sites is 1. The molecular formula is C51H37NS. The van der Waals surface area contributed by atoms with Gasteiger partial charge >= 0.3 is 0 Å². The van der Waals surface area contributed by atoms with Crippen molar-refractivity contribution in [2.45, 2.75) is 19.3 Å². The molecule has 0 saturated heterocycles. The molecular weight excluding hydrogens is 659 g/mol. The molecule has 1 heterocycles. The van der Waals surface area contributed by atoms with Crippen molar-refractivity contribution in [3.05, 3.63) is 199 Å². The van der Waals surface area contributed by atoms with Crippen LogP contribution in [0.15, 0.2) is 188 Å². The van der Waals surface area contributed by atoms with Gasteiger partial charge in [-0.1, -0.05) is 159 Å². The lowest BCUT2D eigenvalue weighted by atomic mass is 9.82. The molecule has 0 N–H and O–H groups in total. The molecule has 0 unspecified atom stereocenters. The maximum atomic E-state index is 2.44. The number of fused-ring (bicyclic) bond motifs is 6. The van der Waals surface area contributed by atoms with Crippen LogP contribution in [0.1, 0.15) is 25.0 Å². The highest BCUT2D eigenvalue weighted by atomic mass is 32.1. The quantitative estimate of drug-likeness (QED) is 0.167. The first-order chi connectivity index (χ1) is 26.0. The monoisotopic (exact) mass is 695 g/mol. The van der Waals surface area contributed by atoms with Crippen molar-refractivity contribution >= 4 is 48.6 Å². The Morgan fingerprint density at radius 3 is 1.87 bits per heavy atom. The van der Waals surface area contributed by atoms with Gasteiger partial charge in [-0.3, -0.25) is 0 Å². The summed E-state index contributed by atoms with van der Waals surface area (Å²) in [6.45, 7) is 4.71. The molecule has 2 heteroatoms. The van der Waals surface area contributed by atoms with Gasteiger partial charge in [0.25, 0.3) is 0 Å². The molecule has 0 saturated carbocycles. The maximum Gasteiger partial charge on any atom is 0.0540 e. The van der Waals surface area contributed by atoms with Crippen LogP contribution in [-0.4, -0.2) is 0 Å². The Balaban J connectivity index is 1.16. The van der Waals surface area contributed by atoms with E-state index in [1.165, 1.54) is 75.8 Å². The lowest BCUT2D eigenvalue weighted by Crippen LogP contribution is -2.14. The second-order valence-corrected chi connectivity index (χ2v) is 15.6. The molecule has 252 valence electrons. The van der Waals surface area contributed by atoms with Crippen LogP contribution in [0.3, 0.4) is 0 Å². The van der Waals surface area contributed by atoms with E-state index < -0.39 is 0 Å². The van der Waals surface area contributed by atoms with Crippen LogP contribution in [0.4, 0.5) is 17.1 Å². The first-order valence-electron chi connectivity index (χ1n) is 18.3. The van der Waals surface area contributed by atoms with Crippen LogP contribution in [0.5, 0.6) is 0 Å². The van der Waals surface area contributed by atoms with Gasteiger partial charge in [0.1, 0.15) is 0 Å². The number of thiophene rings is 1. The van der Waals surface area contributed by atoms with Gasteiger partial charge in [0.2, 0.25) is 0 Å². The van der Waals surface area contributed by atoms with Crippen molar-refractivity contribution in [2.24, 2.45) is 0 Å². The predicted molar refractivity (Wildman–Crippen MR) is 228 cm³/mol. The zero-order valence-electron chi connectivity index (χ0n) is 29.8. The largest absolute Gasteiger partial charge is 0.310 e. The highest BCUT2D eigenvalue weighted by Gasteiger charge is 2.37. The molecule has 0 bridgehead atoms.